The predicted octanol–water partition coefficient (Wildman–Crippen LogP) is 4.99. The highest BCUT2D eigenvalue weighted by atomic mass is 35.5. The third-order valence-electron chi connectivity index (χ3n) is 3.14. The highest BCUT2D eigenvalue weighted by Crippen LogP contribution is 2.28. The highest BCUT2D eigenvalue weighted by molar-refractivity contribution is 6.42. The maximum Gasteiger partial charge on any atom is 0.0642 e. The summed E-state index contributed by atoms with van der Waals surface area (Å²) < 4.78 is 0. The molecule has 0 saturated heterocycles. The minimum Gasteiger partial charge on any atom is -0.399 e. The summed E-state index contributed by atoms with van der Waals surface area (Å²) in [5.41, 5.74) is 8.68. The van der Waals surface area contributed by atoms with Crippen molar-refractivity contribution >= 4 is 34.6 Å². The monoisotopic (exact) mass is 308 g/mol. The minimum atomic E-state index is 0.595. The lowest BCUT2D eigenvalue weighted by Gasteiger charge is -2.25. The average molecular weight is 309 g/mol. The molecule has 0 spiro atoms. The van der Waals surface area contributed by atoms with Gasteiger partial charge in [-0.1, -0.05) is 42.3 Å². The van der Waals surface area contributed by atoms with Crippen molar-refractivity contribution in [3.8, 4) is 0 Å². The maximum atomic E-state index is 6.27. The lowest BCUT2D eigenvalue weighted by Crippen LogP contribution is -2.23. The minimum absolute atomic E-state index is 0.595. The molecular weight excluding hydrogens is 291 g/mol. The van der Waals surface area contributed by atoms with Crippen LogP contribution in [0.3, 0.4) is 0 Å². The number of nitrogens with zero attached hydrogens (tertiary/aromatic N) is 1. The lowest BCUT2D eigenvalue weighted by molar-refractivity contribution is 0.767. The van der Waals surface area contributed by atoms with Crippen LogP contribution in [-0.4, -0.2) is 6.54 Å². The van der Waals surface area contributed by atoms with E-state index in [0.29, 0.717) is 10.0 Å². The van der Waals surface area contributed by atoms with Gasteiger partial charge in [0.05, 0.1) is 10.0 Å². The zero-order valence-corrected chi connectivity index (χ0v) is 13.0. The number of nitrogen functional groups attached to an aromatic ring is 1. The van der Waals surface area contributed by atoms with Gasteiger partial charge < -0.3 is 10.6 Å². The summed E-state index contributed by atoms with van der Waals surface area (Å²) in [4.78, 5) is 2.27. The van der Waals surface area contributed by atoms with E-state index in [4.69, 9.17) is 28.9 Å². The number of halogens is 2. The molecule has 2 nitrogen and oxygen atoms in total. The van der Waals surface area contributed by atoms with Crippen molar-refractivity contribution < 1.29 is 0 Å². The predicted molar refractivity (Wildman–Crippen MR) is 88.7 cm³/mol. The Bertz CT molecular complexity index is 567. The third kappa shape index (κ3) is 3.59. The second-order valence-electron chi connectivity index (χ2n) is 4.73. The van der Waals surface area contributed by atoms with Gasteiger partial charge >= 0.3 is 0 Å². The molecule has 2 N–H and O–H groups in total. The topological polar surface area (TPSA) is 29.3 Å². The van der Waals surface area contributed by atoms with Crippen molar-refractivity contribution in [2.24, 2.45) is 0 Å². The lowest BCUT2D eigenvalue weighted by atomic mass is 10.1. The van der Waals surface area contributed by atoms with Crippen molar-refractivity contribution in [1.82, 2.24) is 0 Å². The standard InChI is InChI=1S/C16H18Cl2N2/c1-2-10-20(14-8-6-13(19)7-9-14)11-12-4-3-5-15(17)16(12)18/h3-9H,2,10-11,19H2,1H3. The summed E-state index contributed by atoms with van der Waals surface area (Å²) >= 11 is 12.3. The molecule has 0 aliphatic rings. The zero-order valence-electron chi connectivity index (χ0n) is 11.4. The first-order valence-corrected chi connectivity index (χ1v) is 7.40. The molecule has 0 aliphatic carbocycles. The molecule has 20 heavy (non-hydrogen) atoms. The van der Waals surface area contributed by atoms with Crippen LogP contribution >= 0.6 is 23.2 Å². The van der Waals surface area contributed by atoms with E-state index in [1.807, 2.05) is 36.4 Å². The van der Waals surface area contributed by atoms with E-state index >= 15 is 0 Å². The third-order valence-corrected chi connectivity index (χ3v) is 4.00. The van der Waals surface area contributed by atoms with Crippen LogP contribution in [0, 0.1) is 0 Å². The van der Waals surface area contributed by atoms with Crippen LogP contribution in [0.25, 0.3) is 0 Å². The fourth-order valence-corrected chi connectivity index (χ4v) is 2.51. The van der Waals surface area contributed by atoms with Gasteiger partial charge in [0, 0.05) is 24.5 Å². The Morgan fingerprint density at radius 2 is 1.75 bits per heavy atom. The van der Waals surface area contributed by atoms with Gasteiger partial charge in [0.1, 0.15) is 0 Å². The van der Waals surface area contributed by atoms with E-state index in [9.17, 15) is 0 Å². The van der Waals surface area contributed by atoms with Crippen LogP contribution in [0.4, 0.5) is 11.4 Å². The van der Waals surface area contributed by atoms with Crippen LogP contribution in [0.5, 0.6) is 0 Å². The molecule has 4 heteroatoms. The van der Waals surface area contributed by atoms with Gasteiger partial charge in [-0.3, -0.25) is 0 Å². The van der Waals surface area contributed by atoms with Gasteiger partial charge in [-0.25, -0.2) is 0 Å². The van der Waals surface area contributed by atoms with Crippen LogP contribution in [0.2, 0.25) is 10.0 Å². The van der Waals surface area contributed by atoms with E-state index in [1.54, 1.807) is 6.07 Å². The van der Waals surface area contributed by atoms with E-state index < -0.39 is 0 Å². The number of anilines is 2. The fraction of sp³-hybridized carbons (Fsp3) is 0.250. The summed E-state index contributed by atoms with van der Waals surface area (Å²) in [6.07, 6.45) is 1.06. The molecule has 2 aromatic carbocycles. The highest BCUT2D eigenvalue weighted by Gasteiger charge is 2.10. The van der Waals surface area contributed by atoms with Crippen LogP contribution in [-0.2, 0) is 6.54 Å². The maximum absolute atomic E-state index is 6.27. The van der Waals surface area contributed by atoms with Crippen LogP contribution in [0.15, 0.2) is 42.5 Å². The van der Waals surface area contributed by atoms with Gasteiger partial charge in [-0.2, -0.15) is 0 Å². The second-order valence-corrected chi connectivity index (χ2v) is 5.51. The number of hydrogen-bond acceptors (Lipinski definition) is 2. The van der Waals surface area contributed by atoms with E-state index in [2.05, 4.69) is 11.8 Å². The van der Waals surface area contributed by atoms with E-state index in [0.717, 1.165) is 36.4 Å². The Balaban J connectivity index is 2.25. The van der Waals surface area contributed by atoms with E-state index in [-0.39, 0.29) is 0 Å². The van der Waals surface area contributed by atoms with Gasteiger partial charge in [-0.15, -0.1) is 0 Å². The van der Waals surface area contributed by atoms with Crippen LogP contribution in [0.1, 0.15) is 18.9 Å². The quantitative estimate of drug-likeness (QED) is 0.788. The number of rotatable bonds is 5. The number of nitrogens with two attached hydrogens (primary N) is 1. The van der Waals surface area contributed by atoms with Crippen molar-refractivity contribution in [2.75, 3.05) is 17.2 Å². The molecular formula is C16H18Cl2N2. The summed E-state index contributed by atoms with van der Waals surface area (Å²) in [6, 6.07) is 13.6. The molecule has 0 atom stereocenters. The molecule has 106 valence electrons. The van der Waals surface area contributed by atoms with E-state index in [1.165, 1.54) is 0 Å². The molecule has 0 fully saturated rings. The van der Waals surface area contributed by atoms with Gasteiger partial charge in [0.15, 0.2) is 0 Å². The SMILES string of the molecule is CCCN(Cc1cccc(Cl)c1Cl)c1ccc(N)cc1. The Kier molecular flexibility index (Phi) is 5.16. The van der Waals surface area contributed by atoms with Gasteiger partial charge in [0.25, 0.3) is 0 Å². The first-order chi connectivity index (χ1) is 9.61. The normalized spacial score (nSPS) is 10.6. The largest absolute Gasteiger partial charge is 0.399 e. The van der Waals surface area contributed by atoms with Gasteiger partial charge in [-0.05, 0) is 42.3 Å². The average Bonchev–Trinajstić information content (AvgIpc) is 2.44. The van der Waals surface area contributed by atoms with Crippen molar-refractivity contribution in [3.05, 3.63) is 58.1 Å². The molecule has 0 aromatic heterocycles. The first-order valence-electron chi connectivity index (χ1n) is 6.65. The molecule has 0 unspecified atom stereocenters. The molecule has 2 rings (SSSR count). The molecule has 0 bridgehead atoms. The Labute approximate surface area is 130 Å². The fourth-order valence-electron chi connectivity index (χ4n) is 2.13. The van der Waals surface area contributed by atoms with Gasteiger partial charge in [0.2, 0.25) is 0 Å². The molecule has 0 amide bonds. The number of benzene rings is 2. The summed E-state index contributed by atoms with van der Waals surface area (Å²) in [7, 11) is 0. The van der Waals surface area contributed by atoms with Crippen molar-refractivity contribution in [1.29, 1.82) is 0 Å². The summed E-state index contributed by atoms with van der Waals surface area (Å²) in [5.74, 6) is 0. The molecule has 0 radical (unpaired) electrons. The molecule has 0 heterocycles. The van der Waals surface area contributed by atoms with Crippen molar-refractivity contribution in [2.45, 2.75) is 19.9 Å². The summed E-state index contributed by atoms with van der Waals surface area (Å²) in [5, 5.41) is 1.23. The first kappa shape index (κ1) is 15.0. The number of hydrogen-bond donors (Lipinski definition) is 1. The van der Waals surface area contributed by atoms with Crippen LogP contribution < -0.4 is 10.6 Å². The Morgan fingerprint density at radius 1 is 1.05 bits per heavy atom. The molecule has 2 aromatic rings. The Morgan fingerprint density at radius 3 is 2.40 bits per heavy atom. The smallest absolute Gasteiger partial charge is 0.0642 e. The zero-order chi connectivity index (χ0) is 14.5. The Hall–Kier alpha value is -1.38. The van der Waals surface area contributed by atoms with Crippen molar-refractivity contribution in [3.63, 3.8) is 0 Å². The summed E-state index contributed by atoms with van der Waals surface area (Å²) in [6.45, 7) is 3.84. The molecule has 0 aliphatic heterocycles. The second kappa shape index (κ2) is 6.87. The molecule has 0 saturated carbocycles.